The second kappa shape index (κ2) is 3.38. The zero-order valence-corrected chi connectivity index (χ0v) is 7.43. The summed E-state index contributed by atoms with van der Waals surface area (Å²) in [5.74, 6) is 1.87. The zero-order valence-electron chi connectivity index (χ0n) is 7.43. The van der Waals surface area contributed by atoms with Crippen molar-refractivity contribution in [1.82, 2.24) is 4.90 Å². The van der Waals surface area contributed by atoms with Gasteiger partial charge in [-0.2, -0.15) is 0 Å². The van der Waals surface area contributed by atoms with Crippen molar-refractivity contribution in [2.75, 3.05) is 20.1 Å². The van der Waals surface area contributed by atoms with Gasteiger partial charge in [0.25, 0.3) is 0 Å². The minimum Gasteiger partial charge on any atom is -0.306 e. The van der Waals surface area contributed by atoms with Gasteiger partial charge in [0.15, 0.2) is 0 Å². The van der Waals surface area contributed by atoms with E-state index in [0.29, 0.717) is 0 Å². The summed E-state index contributed by atoms with van der Waals surface area (Å²) in [7, 11) is 2.23. The summed E-state index contributed by atoms with van der Waals surface area (Å²) >= 11 is 0. The smallest absolute Gasteiger partial charge is 0.00191 e. The molecule has 0 amide bonds. The topological polar surface area (TPSA) is 3.24 Å². The first kappa shape index (κ1) is 8.06. The van der Waals surface area contributed by atoms with Gasteiger partial charge in [-0.1, -0.05) is 13.8 Å². The second-order valence-corrected chi connectivity index (χ2v) is 3.84. The van der Waals surface area contributed by atoms with E-state index < -0.39 is 0 Å². The molecule has 0 aromatic heterocycles. The van der Waals surface area contributed by atoms with Crippen LogP contribution in [0.5, 0.6) is 0 Å². The molecule has 0 saturated carbocycles. The fraction of sp³-hybridized carbons (Fsp3) is 1.00. The molecule has 10 heavy (non-hydrogen) atoms. The van der Waals surface area contributed by atoms with Crippen LogP contribution in [0.25, 0.3) is 0 Å². The molecular weight excluding hydrogens is 122 g/mol. The van der Waals surface area contributed by atoms with Crippen LogP contribution in [-0.4, -0.2) is 25.0 Å². The van der Waals surface area contributed by atoms with Crippen molar-refractivity contribution in [3.63, 3.8) is 0 Å². The lowest BCUT2D eigenvalue weighted by Gasteiger charge is -2.14. The molecule has 1 rings (SSSR count). The summed E-state index contributed by atoms with van der Waals surface area (Å²) < 4.78 is 0. The molecule has 0 aromatic rings. The minimum absolute atomic E-state index is 0.935. The molecule has 0 radical (unpaired) electrons. The molecule has 1 aliphatic rings. The van der Waals surface area contributed by atoms with E-state index in [1.165, 1.54) is 25.9 Å². The highest BCUT2D eigenvalue weighted by Crippen LogP contribution is 2.21. The van der Waals surface area contributed by atoms with Gasteiger partial charge < -0.3 is 4.90 Å². The van der Waals surface area contributed by atoms with Crippen molar-refractivity contribution in [2.45, 2.75) is 26.7 Å². The van der Waals surface area contributed by atoms with Crippen LogP contribution in [0.3, 0.4) is 0 Å². The van der Waals surface area contributed by atoms with Gasteiger partial charge in [0, 0.05) is 0 Å². The molecule has 2 unspecified atom stereocenters. The van der Waals surface area contributed by atoms with Crippen molar-refractivity contribution in [1.29, 1.82) is 0 Å². The van der Waals surface area contributed by atoms with Gasteiger partial charge in [-0.05, 0) is 44.8 Å². The van der Waals surface area contributed by atoms with Crippen molar-refractivity contribution in [3.05, 3.63) is 0 Å². The Hall–Kier alpha value is -0.0400. The molecular formula is C9H19N. The molecule has 0 aromatic carbocycles. The fourth-order valence-electron chi connectivity index (χ4n) is 1.53. The average molecular weight is 141 g/mol. The third-order valence-corrected chi connectivity index (χ3v) is 2.90. The third kappa shape index (κ3) is 1.98. The summed E-state index contributed by atoms with van der Waals surface area (Å²) in [6, 6.07) is 0. The molecule has 2 atom stereocenters. The Bertz CT molecular complexity index is 88.9. The highest BCUT2D eigenvalue weighted by molar-refractivity contribution is 4.69. The zero-order chi connectivity index (χ0) is 7.56. The van der Waals surface area contributed by atoms with Gasteiger partial charge in [-0.25, -0.2) is 0 Å². The maximum absolute atomic E-state index is 2.44. The summed E-state index contributed by atoms with van der Waals surface area (Å²) in [5.41, 5.74) is 0. The van der Waals surface area contributed by atoms with Crippen LogP contribution in [0.4, 0.5) is 0 Å². The van der Waals surface area contributed by atoms with Crippen LogP contribution in [0, 0.1) is 11.8 Å². The summed E-state index contributed by atoms with van der Waals surface area (Å²) in [6.45, 7) is 7.35. The van der Waals surface area contributed by atoms with E-state index in [2.05, 4.69) is 25.8 Å². The maximum atomic E-state index is 2.44. The first-order valence-electron chi connectivity index (χ1n) is 4.38. The van der Waals surface area contributed by atoms with Gasteiger partial charge in [0.2, 0.25) is 0 Å². The van der Waals surface area contributed by atoms with E-state index in [1.807, 2.05) is 0 Å². The van der Waals surface area contributed by atoms with Crippen molar-refractivity contribution < 1.29 is 0 Å². The first-order valence-corrected chi connectivity index (χ1v) is 4.38. The van der Waals surface area contributed by atoms with E-state index in [0.717, 1.165) is 11.8 Å². The van der Waals surface area contributed by atoms with Gasteiger partial charge in [-0.3, -0.25) is 0 Å². The van der Waals surface area contributed by atoms with E-state index in [-0.39, 0.29) is 0 Å². The van der Waals surface area contributed by atoms with E-state index in [4.69, 9.17) is 0 Å². The molecule has 1 aliphatic heterocycles. The van der Waals surface area contributed by atoms with Gasteiger partial charge in [0.05, 0.1) is 0 Å². The molecule has 1 nitrogen and oxygen atoms in total. The molecule has 0 aliphatic carbocycles. The van der Waals surface area contributed by atoms with E-state index in [1.54, 1.807) is 0 Å². The Labute approximate surface area is 64.4 Å². The lowest BCUT2D eigenvalue weighted by atomic mass is 9.92. The fourth-order valence-corrected chi connectivity index (χ4v) is 1.53. The maximum Gasteiger partial charge on any atom is -0.00191 e. The largest absolute Gasteiger partial charge is 0.306 e. The molecule has 60 valence electrons. The lowest BCUT2D eigenvalue weighted by Crippen LogP contribution is -2.18. The second-order valence-electron chi connectivity index (χ2n) is 3.84. The molecule has 0 spiro atoms. The molecule has 0 N–H and O–H groups in total. The standard InChI is InChI=1S/C9H19N/c1-8-4-6-10(3)7-5-9(8)2/h8-9H,4-7H2,1-3H3. The number of likely N-dealkylation sites (tertiary alicyclic amines) is 1. The van der Waals surface area contributed by atoms with Crippen LogP contribution >= 0.6 is 0 Å². The van der Waals surface area contributed by atoms with Crippen molar-refractivity contribution in [2.24, 2.45) is 11.8 Å². The number of hydrogen-bond donors (Lipinski definition) is 0. The lowest BCUT2D eigenvalue weighted by molar-refractivity contribution is 0.343. The Morgan fingerprint density at radius 2 is 1.40 bits per heavy atom. The van der Waals surface area contributed by atoms with E-state index >= 15 is 0 Å². The number of rotatable bonds is 0. The summed E-state index contributed by atoms with van der Waals surface area (Å²) in [5, 5.41) is 0. The van der Waals surface area contributed by atoms with Crippen LogP contribution in [-0.2, 0) is 0 Å². The predicted octanol–water partition coefficient (Wildman–Crippen LogP) is 1.98. The van der Waals surface area contributed by atoms with Crippen LogP contribution in [0.15, 0.2) is 0 Å². The summed E-state index contributed by atoms with van der Waals surface area (Å²) in [6.07, 6.45) is 2.77. The first-order chi connectivity index (χ1) is 4.70. The highest BCUT2D eigenvalue weighted by Gasteiger charge is 2.16. The van der Waals surface area contributed by atoms with Crippen molar-refractivity contribution >= 4 is 0 Å². The Morgan fingerprint density at radius 1 is 1.00 bits per heavy atom. The predicted molar refractivity (Wildman–Crippen MR) is 45.1 cm³/mol. The number of nitrogens with zero attached hydrogens (tertiary/aromatic N) is 1. The van der Waals surface area contributed by atoms with E-state index in [9.17, 15) is 0 Å². The van der Waals surface area contributed by atoms with Gasteiger partial charge >= 0.3 is 0 Å². The molecule has 1 heterocycles. The molecule has 1 heteroatoms. The molecule has 1 saturated heterocycles. The monoisotopic (exact) mass is 141 g/mol. The third-order valence-electron chi connectivity index (χ3n) is 2.90. The van der Waals surface area contributed by atoms with Crippen LogP contribution in [0.1, 0.15) is 26.7 Å². The van der Waals surface area contributed by atoms with Gasteiger partial charge in [-0.15, -0.1) is 0 Å². The Balaban J connectivity index is 2.38. The molecule has 0 bridgehead atoms. The Morgan fingerprint density at radius 3 is 1.80 bits per heavy atom. The van der Waals surface area contributed by atoms with Crippen molar-refractivity contribution in [3.8, 4) is 0 Å². The number of hydrogen-bond acceptors (Lipinski definition) is 1. The normalized spacial score (nSPS) is 37.5. The van der Waals surface area contributed by atoms with Crippen LogP contribution < -0.4 is 0 Å². The minimum atomic E-state index is 0.935. The summed E-state index contributed by atoms with van der Waals surface area (Å²) in [4.78, 5) is 2.44. The quantitative estimate of drug-likeness (QED) is 0.498. The van der Waals surface area contributed by atoms with Gasteiger partial charge in [0.1, 0.15) is 0 Å². The van der Waals surface area contributed by atoms with Crippen LogP contribution in [0.2, 0.25) is 0 Å². The average Bonchev–Trinajstić information content (AvgIpc) is 2.04. The Kier molecular flexibility index (Phi) is 2.72. The highest BCUT2D eigenvalue weighted by atomic mass is 15.1. The molecule has 1 fully saturated rings. The SMILES string of the molecule is CC1CCN(C)CCC1C.